The fourth-order valence-electron chi connectivity index (χ4n) is 2.27. The smallest absolute Gasteiger partial charge is 0.198 e. The number of benzene rings is 1. The number of rotatable bonds is 4. The average molecular weight is 288 g/mol. The summed E-state index contributed by atoms with van der Waals surface area (Å²) < 4.78 is 13.3. The third-order valence-corrected chi connectivity index (χ3v) is 3.42. The number of fused-ring (bicyclic) bond motifs is 3. The van der Waals surface area contributed by atoms with Crippen LogP contribution in [-0.4, -0.2) is 39.8 Å². The largest absolute Gasteiger partial charge is 0.491 e. The summed E-state index contributed by atoms with van der Waals surface area (Å²) in [5.41, 5.74) is 0.894. The summed E-state index contributed by atoms with van der Waals surface area (Å²) in [6, 6.07) is 5.39. The summed E-state index contributed by atoms with van der Waals surface area (Å²) in [5.74, 6) is 1.71. The number of aliphatic hydroxyl groups is 1. The van der Waals surface area contributed by atoms with Gasteiger partial charge in [0.05, 0.1) is 12.1 Å². The lowest BCUT2D eigenvalue weighted by Crippen LogP contribution is -2.26. The summed E-state index contributed by atoms with van der Waals surface area (Å²) >= 11 is 0. The van der Waals surface area contributed by atoms with Crippen LogP contribution in [0.5, 0.6) is 11.5 Å². The molecule has 6 heteroatoms. The maximum Gasteiger partial charge on any atom is 0.198 e. The van der Waals surface area contributed by atoms with Gasteiger partial charge in [0, 0.05) is 18.5 Å². The highest BCUT2D eigenvalue weighted by molar-refractivity contribution is 5.84. The molecule has 21 heavy (non-hydrogen) atoms. The van der Waals surface area contributed by atoms with E-state index in [0.717, 1.165) is 17.9 Å². The van der Waals surface area contributed by atoms with E-state index < -0.39 is 12.7 Å². The highest BCUT2D eigenvalue weighted by Crippen LogP contribution is 2.34. The Balaban J connectivity index is 1.89. The third kappa shape index (κ3) is 2.62. The van der Waals surface area contributed by atoms with Crippen LogP contribution in [-0.2, 0) is 11.3 Å². The molecule has 0 spiro atoms. The first-order valence-corrected chi connectivity index (χ1v) is 6.77. The zero-order valence-electron chi connectivity index (χ0n) is 11.7. The molecular formula is C15H16N2O4. The van der Waals surface area contributed by atoms with Crippen LogP contribution in [0, 0.1) is 0 Å². The summed E-state index contributed by atoms with van der Waals surface area (Å²) in [5, 5.41) is 8.83. The van der Waals surface area contributed by atoms with E-state index in [1.807, 2.05) is 16.8 Å². The van der Waals surface area contributed by atoms with E-state index in [9.17, 15) is 4.79 Å². The normalized spacial score (nSPS) is 14.4. The first kappa shape index (κ1) is 13.6. The van der Waals surface area contributed by atoms with Crippen molar-refractivity contribution in [2.75, 3.05) is 13.2 Å². The van der Waals surface area contributed by atoms with E-state index in [-0.39, 0.29) is 5.78 Å². The van der Waals surface area contributed by atoms with Crippen molar-refractivity contribution in [1.29, 1.82) is 0 Å². The molecule has 1 aliphatic heterocycles. The van der Waals surface area contributed by atoms with E-state index in [2.05, 4.69) is 4.98 Å². The summed E-state index contributed by atoms with van der Waals surface area (Å²) in [6.45, 7) is 2.36. The SMILES string of the molecule is C[C@H](Oc1ccc2c(c1)OCCn1ccnc1-2)C(=O)CO. The van der Waals surface area contributed by atoms with Crippen molar-refractivity contribution in [3.8, 4) is 22.9 Å². The molecule has 0 fully saturated rings. The Morgan fingerprint density at radius 1 is 1.57 bits per heavy atom. The van der Waals surface area contributed by atoms with Crippen LogP contribution in [0.3, 0.4) is 0 Å². The zero-order valence-corrected chi connectivity index (χ0v) is 11.7. The number of ether oxygens (including phenoxy) is 2. The number of carbonyl (C=O) groups excluding carboxylic acids is 1. The van der Waals surface area contributed by atoms with Gasteiger partial charge in [0.15, 0.2) is 11.9 Å². The van der Waals surface area contributed by atoms with Gasteiger partial charge < -0.3 is 19.1 Å². The lowest BCUT2D eigenvalue weighted by Gasteiger charge is -2.14. The fourth-order valence-corrected chi connectivity index (χ4v) is 2.27. The molecule has 3 rings (SSSR count). The molecule has 0 radical (unpaired) electrons. The van der Waals surface area contributed by atoms with Gasteiger partial charge >= 0.3 is 0 Å². The summed E-state index contributed by atoms with van der Waals surface area (Å²) in [4.78, 5) is 15.7. The van der Waals surface area contributed by atoms with Gasteiger partial charge in [0.1, 0.15) is 30.5 Å². The lowest BCUT2D eigenvalue weighted by molar-refractivity contribution is -0.127. The lowest BCUT2D eigenvalue weighted by atomic mass is 10.1. The van der Waals surface area contributed by atoms with E-state index >= 15 is 0 Å². The quantitative estimate of drug-likeness (QED) is 0.917. The minimum Gasteiger partial charge on any atom is -0.491 e. The monoisotopic (exact) mass is 288 g/mol. The molecule has 0 bridgehead atoms. The fraction of sp³-hybridized carbons (Fsp3) is 0.333. The van der Waals surface area contributed by atoms with Gasteiger partial charge in [-0.15, -0.1) is 0 Å². The first-order chi connectivity index (χ1) is 10.2. The number of carbonyl (C=O) groups is 1. The molecule has 0 aliphatic carbocycles. The molecule has 110 valence electrons. The van der Waals surface area contributed by atoms with Crippen LogP contribution >= 0.6 is 0 Å². The van der Waals surface area contributed by atoms with Crippen LogP contribution in [0.4, 0.5) is 0 Å². The number of aliphatic hydroxyl groups excluding tert-OH is 1. The zero-order chi connectivity index (χ0) is 14.8. The van der Waals surface area contributed by atoms with Crippen LogP contribution in [0.15, 0.2) is 30.6 Å². The maximum atomic E-state index is 11.4. The Labute approximate surface area is 121 Å². The second-order valence-electron chi connectivity index (χ2n) is 4.84. The summed E-state index contributed by atoms with van der Waals surface area (Å²) in [6.07, 6.45) is 2.98. The van der Waals surface area contributed by atoms with Crippen molar-refractivity contribution in [1.82, 2.24) is 9.55 Å². The predicted molar refractivity (Wildman–Crippen MR) is 75.3 cm³/mol. The topological polar surface area (TPSA) is 73.6 Å². The molecule has 1 aliphatic rings. The van der Waals surface area contributed by atoms with E-state index in [1.54, 1.807) is 25.3 Å². The molecule has 1 aromatic carbocycles. The Hall–Kier alpha value is -2.34. The molecule has 1 atom stereocenters. The molecule has 2 aromatic rings. The van der Waals surface area contributed by atoms with Gasteiger partial charge in [-0.2, -0.15) is 0 Å². The van der Waals surface area contributed by atoms with Crippen LogP contribution in [0.2, 0.25) is 0 Å². The molecule has 0 saturated carbocycles. The highest BCUT2D eigenvalue weighted by Gasteiger charge is 2.18. The van der Waals surface area contributed by atoms with Crippen molar-refractivity contribution in [2.45, 2.75) is 19.6 Å². The van der Waals surface area contributed by atoms with Crippen LogP contribution in [0.1, 0.15) is 6.92 Å². The van der Waals surface area contributed by atoms with Crippen LogP contribution < -0.4 is 9.47 Å². The molecule has 0 amide bonds. The molecule has 0 unspecified atom stereocenters. The second kappa shape index (κ2) is 5.57. The van der Waals surface area contributed by atoms with Gasteiger partial charge in [-0.25, -0.2) is 4.98 Å². The third-order valence-electron chi connectivity index (χ3n) is 3.42. The van der Waals surface area contributed by atoms with Gasteiger partial charge in [-0.3, -0.25) is 4.79 Å². The standard InChI is InChI=1S/C15H16N2O4/c1-10(13(19)9-18)21-11-2-3-12-14(8-11)20-7-6-17-5-4-16-15(12)17/h2-5,8,10,18H,6-7,9H2,1H3/t10-/m0/s1. The molecule has 0 saturated heterocycles. The Bertz CT molecular complexity index is 665. The predicted octanol–water partition coefficient (Wildman–Crippen LogP) is 1.27. The number of ketones is 1. The van der Waals surface area contributed by atoms with Gasteiger partial charge in [0.25, 0.3) is 0 Å². The number of aromatic nitrogens is 2. The number of Topliss-reactive ketones (excluding diaryl/α,β-unsaturated/α-hetero) is 1. The highest BCUT2D eigenvalue weighted by atomic mass is 16.5. The van der Waals surface area contributed by atoms with Crippen molar-refractivity contribution in [3.63, 3.8) is 0 Å². The van der Waals surface area contributed by atoms with Crippen molar-refractivity contribution in [2.24, 2.45) is 0 Å². The minimum absolute atomic E-state index is 0.360. The van der Waals surface area contributed by atoms with Crippen molar-refractivity contribution >= 4 is 5.78 Å². The first-order valence-electron chi connectivity index (χ1n) is 6.77. The number of imidazole rings is 1. The average Bonchev–Trinajstić information content (AvgIpc) is 2.88. The van der Waals surface area contributed by atoms with Gasteiger partial charge in [-0.05, 0) is 19.1 Å². The van der Waals surface area contributed by atoms with E-state index in [0.29, 0.717) is 18.1 Å². The van der Waals surface area contributed by atoms with Crippen LogP contribution in [0.25, 0.3) is 11.4 Å². The Morgan fingerprint density at radius 2 is 2.43 bits per heavy atom. The van der Waals surface area contributed by atoms with Gasteiger partial charge in [-0.1, -0.05) is 0 Å². The number of hydrogen-bond donors (Lipinski definition) is 1. The molecule has 2 heterocycles. The Morgan fingerprint density at radius 3 is 3.24 bits per heavy atom. The molecule has 6 nitrogen and oxygen atoms in total. The van der Waals surface area contributed by atoms with E-state index in [1.165, 1.54) is 0 Å². The Kier molecular flexibility index (Phi) is 3.62. The maximum absolute atomic E-state index is 11.4. The van der Waals surface area contributed by atoms with Crippen molar-refractivity contribution in [3.05, 3.63) is 30.6 Å². The molecular weight excluding hydrogens is 272 g/mol. The number of nitrogens with zero attached hydrogens (tertiary/aromatic N) is 2. The minimum atomic E-state index is -0.694. The van der Waals surface area contributed by atoms with Crippen molar-refractivity contribution < 1.29 is 19.4 Å². The van der Waals surface area contributed by atoms with E-state index in [4.69, 9.17) is 14.6 Å². The number of hydrogen-bond acceptors (Lipinski definition) is 5. The van der Waals surface area contributed by atoms with Gasteiger partial charge in [0.2, 0.25) is 0 Å². The molecule has 1 aromatic heterocycles. The summed E-state index contributed by atoms with van der Waals surface area (Å²) in [7, 11) is 0. The second-order valence-corrected chi connectivity index (χ2v) is 4.84. The molecule has 1 N–H and O–H groups in total.